The van der Waals surface area contributed by atoms with Crippen LogP contribution in [0.5, 0.6) is 0 Å². The average molecular weight is 797 g/mol. The van der Waals surface area contributed by atoms with E-state index >= 15 is 0 Å². The van der Waals surface area contributed by atoms with Gasteiger partial charge < -0.3 is 20.1 Å². The van der Waals surface area contributed by atoms with Crippen LogP contribution in [-0.2, 0) is 19.1 Å². The number of hydrogen-bond acceptors (Lipinski definition) is 7. The van der Waals surface area contributed by atoms with E-state index in [0.717, 1.165) is 82.8 Å². The van der Waals surface area contributed by atoms with Gasteiger partial charge in [0.05, 0.1) is 6.61 Å². The second-order valence-corrected chi connectivity index (χ2v) is 17.5. The van der Waals surface area contributed by atoms with Crippen molar-refractivity contribution in [1.29, 1.82) is 0 Å². The number of rotatable bonds is 42. The monoisotopic (exact) mass is 797 g/mol. The largest absolute Gasteiger partial charge is 0.466 e. The van der Waals surface area contributed by atoms with Gasteiger partial charge in [0, 0.05) is 18.1 Å². The molecule has 0 aromatic carbocycles. The molecule has 7 heteroatoms. The van der Waals surface area contributed by atoms with E-state index in [9.17, 15) is 9.59 Å². The lowest BCUT2D eigenvalue weighted by Crippen LogP contribution is -2.28. The third kappa shape index (κ3) is 44.2. The van der Waals surface area contributed by atoms with Gasteiger partial charge >= 0.3 is 11.9 Å². The first-order chi connectivity index (χ1) is 27.0. The minimum absolute atomic E-state index is 0.0138. The van der Waals surface area contributed by atoms with Gasteiger partial charge in [0.15, 0.2) is 0 Å². The molecule has 1 aliphatic rings. The zero-order valence-electron chi connectivity index (χ0n) is 37.3. The van der Waals surface area contributed by atoms with Crippen LogP contribution in [0.15, 0.2) is 0 Å². The topological polar surface area (TPSA) is 81.9 Å². The summed E-state index contributed by atoms with van der Waals surface area (Å²) >= 11 is 4.08. The molecule has 0 spiro atoms. The van der Waals surface area contributed by atoms with Crippen LogP contribution in [0.4, 0.5) is 0 Å². The molecule has 0 unspecified atom stereocenters. The van der Waals surface area contributed by atoms with Gasteiger partial charge in [0.2, 0.25) is 0 Å². The van der Waals surface area contributed by atoms with Crippen molar-refractivity contribution in [1.82, 2.24) is 4.90 Å². The molecule has 328 valence electrons. The minimum Gasteiger partial charge on any atom is -0.466 e. The third-order valence-corrected chi connectivity index (χ3v) is 11.5. The molecule has 0 heterocycles. The fourth-order valence-electron chi connectivity index (χ4n) is 7.12. The van der Waals surface area contributed by atoms with Crippen LogP contribution in [0.3, 0.4) is 0 Å². The fourth-order valence-corrected chi connectivity index (χ4v) is 7.27. The summed E-state index contributed by atoms with van der Waals surface area (Å²) in [5.74, 6) is 0.0174. The van der Waals surface area contributed by atoms with Crippen molar-refractivity contribution in [3.63, 3.8) is 0 Å². The molecule has 0 amide bonds. The minimum atomic E-state index is -0.0138. The van der Waals surface area contributed by atoms with Crippen molar-refractivity contribution in [2.75, 3.05) is 32.8 Å². The predicted octanol–water partition coefficient (Wildman–Crippen LogP) is 14.1. The van der Waals surface area contributed by atoms with Gasteiger partial charge in [-0.2, -0.15) is 12.6 Å². The van der Waals surface area contributed by atoms with Crippen LogP contribution in [0.1, 0.15) is 252 Å². The highest BCUT2D eigenvalue weighted by molar-refractivity contribution is 7.81. The normalized spacial score (nSPS) is 12.6. The number of hydrogen-bond donors (Lipinski definition) is 2. The van der Waals surface area contributed by atoms with Gasteiger partial charge in [-0.25, -0.2) is 0 Å². The highest BCUT2D eigenvalue weighted by atomic mass is 32.1. The Labute approximate surface area is 349 Å². The van der Waals surface area contributed by atoms with Crippen molar-refractivity contribution in [2.45, 2.75) is 263 Å². The lowest BCUT2D eigenvalue weighted by Gasteiger charge is -2.22. The van der Waals surface area contributed by atoms with Crippen molar-refractivity contribution in [3.8, 4) is 0 Å². The molecule has 55 heavy (non-hydrogen) atoms. The van der Waals surface area contributed by atoms with E-state index in [4.69, 9.17) is 15.2 Å². The van der Waals surface area contributed by atoms with Gasteiger partial charge in [0.1, 0.15) is 6.10 Å². The molecular weight excluding hydrogens is 701 g/mol. The van der Waals surface area contributed by atoms with Gasteiger partial charge in [-0.1, -0.05) is 162 Å². The summed E-state index contributed by atoms with van der Waals surface area (Å²) in [6.45, 7) is 11.5. The lowest BCUT2D eigenvalue weighted by molar-refractivity contribution is -0.150. The van der Waals surface area contributed by atoms with Crippen LogP contribution >= 0.6 is 12.6 Å². The molecule has 0 radical (unpaired) electrons. The molecule has 0 aliphatic heterocycles. The molecular formula is C48H96N2O4S. The van der Waals surface area contributed by atoms with Gasteiger partial charge in [-0.15, -0.1) is 0 Å². The summed E-state index contributed by atoms with van der Waals surface area (Å²) in [4.78, 5) is 27.3. The predicted molar refractivity (Wildman–Crippen MR) is 242 cm³/mol. The summed E-state index contributed by atoms with van der Waals surface area (Å²) in [5, 5.41) is 0.778. The van der Waals surface area contributed by atoms with Gasteiger partial charge in [-0.05, 0) is 103 Å². The first-order valence-electron chi connectivity index (χ1n) is 24.4. The van der Waals surface area contributed by atoms with Gasteiger partial charge in [0.25, 0.3) is 0 Å². The van der Waals surface area contributed by atoms with E-state index in [2.05, 4.69) is 38.3 Å². The van der Waals surface area contributed by atoms with E-state index in [-0.39, 0.29) is 18.0 Å². The SMILES string of the molecule is CCCCCCCCCOC(=O)CCCCCCCN(CCCN)CCCCCCCC(=O)OC(CCCCCCCC)CCCCCCCC.SC1CC1. The van der Waals surface area contributed by atoms with Crippen LogP contribution in [0.25, 0.3) is 0 Å². The van der Waals surface area contributed by atoms with E-state index < -0.39 is 0 Å². The third-order valence-electron chi connectivity index (χ3n) is 11.0. The molecule has 0 aromatic heterocycles. The molecule has 2 N–H and O–H groups in total. The Bertz CT molecular complexity index is 780. The maximum atomic E-state index is 12.7. The number of thiol groups is 1. The van der Waals surface area contributed by atoms with E-state index in [1.54, 1.807) is 0 Å². The molecule has 1 saturated carbocycles. The van der Waals surface area contributed by atoms with Gasteiger partial charge in [-0.3, -0.25) is 9.59 Å². The Morgan fingerprint density at radius 3 is 1.33 bits per heavy atom. The zero-order valence-corrected chi connectivity index (χ0v) is 38.1. The average Bonchev–Trinajstić information content (AvgIpc) is 3.98. The molecule has 6 nitrogen and oxygen atoms in total. The fraction of sp³-hybridized carbons (Fsp3) is 0.958. The number of carbonyl (C=O) groups is 2. The Morgan fingerprint density at radius 1 is 0.527 bits per heavy atom. The Morgan fingerprint density at radius 2 is 0.891 bits per heavy atom. The summed E-state index contributed by atoms with van der Waals surface area (Å²) in [6.07, 6.45) is 42.7. The van der Waals surface area contributed by atoms with Crippen molar-refractivity contribution in [2.24, 2.45) is 5.73 Å². The number of nitrogens with two attached hydrogens (primary N) is 1. The molecule has 1 aliphatic carbocycles. The van der Waals surface area contributed by atoms with Crippen LogP contribution in [-0.4, -0.2) is 61.0 Å². The molecule has 0 aromatic rings. The molecule has 0 bridgehead atoms. The van der Waals surface area contributed by atoms with Crippen molar-refractivity contribution < 1.29 is 19.1 Å². The van der Waals surface area contributed by atoms with Crippen LogP contribution < -0.4 is 5.73 Å². The van der Waals surface area contributed by atoms with Crippen LogP contribution in [0.2, 0.25) is 0 Å². The number of ether oxygens (including phenoxy) is 2. The van der Waals surface area contributed by atoms with E-state index in [0.29, 0.717) is 19.4 Å². The number of nitrogens with zero attached hydrogens (tertiary/aromatic N) is 1. The van der Waals surface area contributed by atoms with E-state index in [1.807, 2.05) is 0 Å². The number of unbranched alkanes of at least 4 members (excludes halogenated alkanes) is 24. The first kappa shape index (κ1) is 54.2. The zero-order chi connectivity index (χ0) is 40.3. The standard InChI is InChI=1S/C45H90N2O4.C3H6S/c1-4-7-10-13-16-25-32-42-50-44(48)36-28-21-17-23-30-39-47(41-33-38-46)40-31-24-18-22-29-37-45(49)51-43(34-26-19-14-11-8-5-2)35-27-20-15-12-9-6-3;4-3-1-2-3/h43H,4-42,46H2,1-3H3;3-4H,1-2H2. The highest BCUT2D eigenvalue weighted by Crippen LogP contribution is 2.25. The molecule has 1 fully saturated rings. The summed E-state index contributed by atoms with van der Waals surface area (Å²) in [6, 6.07) is 0. The smallest absolute Gasteiger partial charge is 0.306 e. The second-order valence-electron chi connectivity index (χ2n) is 16.8. The van der Waals surface area contributed by atoms with Crippen molar-refractivity contribution in [3.05, 3.63) is 0 Å². The number of carbonyl (C=O) groups excluding carboxylic acids is 2. The maximum absolute atomic E-state index is 12.7. The van der Waals surface area contributed by atoms with Crippen LogP contribution in [0, 0.1) is 0 Å². The molecule has 0 atom stereocenters. The Balaban J connectivity index is 0.00000679. The van der Waals surface area contributed by atoms with Crippen molar-refractivity contribution >= 4 is 24.6 Å². The molecule has 1 rings (SSSR count). The highest BCUT2D eigenvalue weighted by Gasteiger charge is 2.15. The number of esters is 2. The second kappa shape index (κ2) is 44.3. The first-order valence-corrected chi connectivity index (χ1v) is 24.9. The lowest BCUT2D eigenvalue weighted by atomic mass is 10.0. The molecule has 0 saturated heterocycles. The summed E-state index contributed by atoms with van der Waals surface area (Å²) < 4.78 is 11.5. The Hall–Kier alpha value is -0.790. The maximum Gasteiger partial charge on any atom is 0.306 e. The quantitative estimate of drug-likeness (QED) is 0.0364. The summed E-state index contributed by atoms with van der Waals surface area (Å²) in [5.41, 5.74) is 5.83. The Kier molecular flexibility index (Phi) is 43.7. The van der Waals surface area contributed by atoms with E-state index in [1.165, 1.54) is 167 Å². The summed E-state index contributed by atoms with van der Waals surface area (Å²) in [7, 11) is 0.